The topological polar surface area (TPSA) is 46.5 Å². The molecule has 78 valence electrons. The Morgan fingerprint density at radius 1 is 1.71 bits per heavy atom. The van der Waals surface area contributed by atoms with Gasteiger partial charge in [-0.15, -0.1) is 6.58 Å². The third-order valence-electron chi connectivity index (χ3n) is 2.12. The number of ether oxygens (including phenoxy) is 1. The predicted molar refractivity (Wildman–Crippen MR) is 53.7 cm³/mol. The molecule has 0 aliphatic carbocycles. The fourth-order valence-corrected chi connectivity index (χ4v) is 1.36. The number of ketones is 1. The Hall–Kier alpha value is -0.930. The summed E-state index contributed by atoms with van der Waals surface area (Å²) in [6, 6.07) is 0. The van der Waals surface area contributed by atoms with Crippen molar-refractivity contribution in [2.24, 2.45) is 0 Å². The highest BCUT2D eigenvalue weighted by atomic mass is 16.6. The molecule has 2 unspecified atom stereocenters. The minimum atomic E-state index is -0.928. The monoisotopic (exact) mass is 196 g/mol. The average Bonchev–Trinajstić information content (AvgIpc) is 2.10. The number of allylic oxidation sites excluding steroid dienone is 1. The molecule has 3 nitrogen and oxygen atoms in total. The lowest BCUT2D eigenvalue weighted by Crippen LogP contribution is -2.31. The summed E-state index contributed by atoms with van der Waals surface area (Å²) in [5, 5.41) is 9.13. The second-order valence-corrected chi connectivity index (χ2v) is 3.63. The van der Waals surface area contributed by atoms with Crippen LogP contribution in [0.1, 0.15) is 26.2 Å². The van der Waals surface area contributed by atoms with Crippen molar-refractivity contribution < 1.29 is 14.6 Å². The van der Waals surface area contributed by atoms with E-state index in [0.29, 0.717) is 6.42 Å². The third-order valence-corrected chi connectivity index (χ3v) is 2.12. The standard InChI is InChI=1S/C11H16O3/c1-8(2)4-3-5-10-9(12)6-7-11(13)14-10/h6-7,10-11,13H,1,3-5H2,2H3. The summed E-state index contributed by atoms with van der Waals surface area (Å²) < 4.78 is 5.07. The maximum Gasteiger partial charge on any atom is 0.184 e. The maximum atomic E-state index is 11.3. The Balaban J connectivity index is 2.34. The molecule has 0 aromatic rings. The van der Waals surface area contributed by atoms with E-state index >= 15 is 0 Å². The summed E-state index contributed by atoms with van der Waals surface area (Å²) in [5.74, 6) is -0.0583. The van der Waals surface area contributed by atoms with E-state index in [-0.39, 0.29) is 5.78 Å². The lowest BCUT2D eigenvalue weighted by Gasteiger charge is -2.21. The maximum absolute atomic E-state index is 11.3. The van der Waals surface area contributed by atoms with E-state index in [1.54, 1.807) is 0 Å². The molecular formula is C11H16O3. The SMILES string of the molecule is C=C(C)CCCC1OC(O)C=CC1=O. The van der Waals surface area contributed by atoms with Gasteiger partial charge in [0.2, 0.25) is 0 Å². The fourth-order valence-electron chi connectivity index (χ4n) is 1.36. The molecule has 1 aliphatic heterocycles. The molecule has 0 amide bonds. The number of aliphatic hydroxyl groups excluding tert-OH is 1. The van der Waals surface area contributed by atoms with E-state index in [9.17, 15) is 4.79 Å². The van der Waals surface area contributed by atoms with Gasteiger partial charge in [-0.3, -0.25) is 4.79 Å². The van der Waals surface area contributed by atoms with Crippen molar-refractivity contribution in [1.82, 2.24) is 0 Å². The molecular weight excluding hydrogens is 180 g/mol. The molecule has 1 aliphatic rings. The molecule has 2 atom stereocenters. The van der Waals surface area contributed by atoms with E-state index in [1.807, 2.05) is 6.92 Å². The van der Waals surface area contributed by atoms with Gasteiger partial charge in [0.25, 0.3) is 0 Å². The van der Waals surface area contributed by atoms with Gasteiger partial charge in [0.1, 0.15) is 6.10 Å². The number of hydrogen-bond acceptors (Lipinski definition) is 3. The fraction of sp³-hybridized carbons (Fsp3) is 0.545. The second kappa shape index (κ2) is 5.08. The highest BCUT2D eigenvalue weighted by Crippen LogP contribution is 2.15. The van der Waals surface area contributed by atoms with Crippen LogP contribution in [-0.2, 0) is 9.53 Å². The second-order valence-electron chi connectivity index (χ2n) is 3.63. The van der Waals surface area contributed by atoms with Gasteiger partial charge in [0.05, 0.1) is 0 Å². The Kier molecular flexibility index (Phi) is 4.04. The third kappa shape index (κ3) is 3.44. The van der Waals surface area contributed by atoms with Gasteiger partial charge in [-0.2, -0.15) is 0 Å². The first-order valence-electron chi connectivity index (χ1n) is 4.79. The van der Waals surface area contributed by atoms with Crippen LogP contribution in [0.25, 0.3) is 0 Å². The van der Waals surface area contributed by atoms with Gasteiger partial charge >= 0.3 is 0 Å². The molecule has 1 rings (SSSR count). The first-order chi connectivity index (χ1) is 6.59. The van der Waals surface area contributed by atoms with Crippen LogP contribution in [0.5, 0.6) is 0 Å². The minimum Gasteiger partial charge on any atom is -0.365 e. The van der Waals surface area contributed by atoms with E-state index in [2.05, 4.69) is 6.58 Å². The molecule has 0 saturated carbocycles. The van der Waals surface area contributed by atoms with Crippen LogP contribution in [0, 0.1) is 0 Å². The molecule has 0 aromatic carbocycles. The summed E-state index contributed by atoms with van der Waals surface area (Å²) in [6.45, 7) is 5.74. The lowest BCUT2D eigenvalue weighted by molar-refractivity contribution is -0.148. The van der Waals surface area contributed by atoms with Crippen molar-refractivity contribution in [3.63, 3.8) is 0 Å². The van der Waals surface area contributed by atoms with E-state index in [4.69, 9.17) is 9.84 Å². The van der Waals surface area contributed by atoms with Crippen LogP contribution in [0.2, 0.25) is 0 Å². The number of rotatable bonds is 4. The first kappa shape index (κ1) is 11.1. The van der Waals surface area contributed by atoms with Crippen molar-refractivity contribution in [3.8, 4) is 0 Å². The molecule has 1 N–H and O–H groups in total. The number of aliphatic hydroxyl groups is 1. The van der Waals surface area contributed by atoms with Crippen LogP contribution in [0.15, 0.2) is 24.3 Å². The summed E-state index contributed by atoms with van der Waals surface area (Å²) in [4.78, 5) is 11.3. The largest absolute Gasteiger partial charge is 0.365 e. The Morgan fingerprint density at radius 2 is 2.43 bits per heavy atom. The first-order valence-corrected chi connectivity index (χ1v) is 4.79. The van der Waals surface area contributed by atoms with Crippen molar-refractivity contribution in [1.29, 1.82) is 0 Å². The van der Waals surface area contributed by atoms with Crippen molar-refractivity contribution >= 4 is 5.78 Å². The summed E-state index contributed by atoms with van der Waals surface area (Å²) in [7, 11) is 0. The van der Waals surface area contributed by atoms with Crippen LogP contribution in [0.3, 0.4) is 0 Å². The van der Waals surface area contributed by atoms with Gasteiger partial charge < -0.3 is 9.84 Å². The minimum absolute atomic E-state index is 0.0583. The van der Waals surface area contributed by atoms with Crippen molar-refractivity contribution in [2.45, 2.75) is 38.6 Å². The molecule has 14 heavy (non-hydrogen) atoms. The molecule has 3 heteroatoms. The van der Waals surface area contributed by atoms with Gasteiger partial charge in [-0.25, -0.2) is 0 Å². The summed E-state index contributed by atoms with van der Waals surface area (Å²) in [6.07, 6.45) is 3.75. The number of carbonyl (C=O) groups excluding carboxylic acids is 1. The van der Waals surface area contributed by atoms with Crippen LogP contribution in [-0.4, -0.2) is 23.3 Å². The summed E-state index contributed by atoms with van der Waals surface area (Å²) in [5.41, 5.74) is 1.10. The normalized spacial score (nSPS) is 26.6. The van der Waals surface area contributed by atoms with Crippen molar-refractivity contribution in [3.05, 3.63) is 24.3 Å². The van der Waals surface area contributed by atoms with Gasteiger partial charge in [0.15, 0.2) is 12.1 Å². The van der Waals surface area contributed by atoms with E-state index < -0.39 is 12.4 Å². The number of carbonyl (C=O) groups is 1. The Labute approximate surface area is 84.1 Å². The average molecular weight is 196 g/mol. The van der Waals surface area contributed by atoms with E-state index in [0.717, 1.165) is 18.4 Å². The van der Waals surface area contributed by atoms with Crippen LogP contribution < -0.4 is 0 Å². The van der Waals surface area contributed by atoms with Crippen LogP contribution >= 0.6 is 0 Å². The van der Waals surface area contributed by atoms with E-state index in [1.165, 1.54) is 12.2 Å². The number of hydrogen-bond donors (Lipinski definition) is 1. The molecule has 0 bridgehead atoms. The molecule has 1 heterocycles. The van der Waals surface area contributed by atoms with Crippen molar-refractivity contribution in [2.75, 3.05) is 0 Å². The zero-order valence-corrected chi connectivity index (χ0v) is 8.40. The zero-order chi connectivity index (χ0) is 10.6. The molecule has 0 spiro atoms. The quantitative estimate of drug-likeness (QED) is 0.694. The van der Waals surface area contributed by atoms with Gasteiger partial charge in [0, 0.05) is 0 Å². The highest BCUT2D eigenvalue weighted by Gasteiger charge is 2.22. The van der Waals surface area contributed by atoms with Gasteiger partial charge in [-0.05, 0) is 38.3 Å². The van der Waals surface area contributed by atoms with Gasteiger partial charge in [-0.1, -0.05) is 5.57 Å². The predicted octanol–water partition coefficient (Wildman–Crippen LogP) is 1.58. The summed E-state index contributed by atoms with van der Waals surface area (Å²) >= 11 is 0. The molecule has 0 aromatic heterocycles. The lowest BCUT2D eigenvalue weighted by atomic mass is 10.0. The molecule has 0 fully saturated rings. The highest BCUT2D eigenvalue weighted by molar-refractivity contribution is 5.94. The van der Waals surface area contributed by atoms with Crippen LogP contribution in [0.4, 0.5) is 0 Å². The molecule has 0 saturated heterocycles. The smallest absolute Gasteiger partial charge is 0.184 e. The Morgan fingerprint density at radius 3 is 3.07 bits per heavy atom. The zero-order valence-electron chi connectivity index (χ0n) is 8.40. The Bertz CT molecular complexity index is 255. The molecule has 0 radical (unpaired) electrons.